The number of nitrogens with zero attached hydrogens (tertiary/aromatic N) is 1. The van der Waals surface area contributed by atoms with Crippen LogP contribution in [0.3, 0.4) is 0 Å². The molecule has 1 aromatic carbocycles. The van der Waals surface area contributed by atoms with Crippen LogP contribution < -0.4 is 0 Å². The summed E-state index contributed by atoms with van der Waals surface area (Å²) in [6, 6.07) is 7.55. The first kappa shape index (κ1) is 10.5. The molecule has 1 saturated carbocycles. The Morgan fingerprint density at radius 1 is 1.41 bits per heavy atom. The number of carboxylic acids is 1. The van der Waals surface area contributed by atoms with E-state index in [0.29, 0.717) is 11.4 Å². The van der Waals surface area contributed by atoms with Gasteiger partial charge < -0.3 is 5.11 Å². The molecule has 3 nitrogen and oxygen atoms in total. The summed E-state index contributed by atoms with van der Waals surface area (Å²) in [7, 11) is 0. The fraction of sp³-hybridized carbons (Fsp3) is 0.231. The summed E-state index contributed by atoms with van der Waals surface area (Å²) < 4.78 is 0. The van der Waals surface area contributed by atoms with Crippen LogP contribution in [0, 0.1) is 5.92 Å². The van der Waals surface area contributed by atoms with Crippen LogP contribution in [-0.2, 0) is 4.79 Å². The minimum Gasteiger partial charge on any atom is -0.481 e. The second-order valence-electron chi connectivity index (χ2n) is 4.32. The number of hydrogen-bond acceptors (Lipinski definition) is 2. The summed E-state index contributed by atoms with van der Waals surface area (Å²) >= 11 is 6.18. The molecular formula is C13H10ClNO2. The van der Waals surface area contributed by atoms with Crippen molar-refractivity contribution in [1.29, 1.82) is 0 Å². The fourth-order valence-corrected chi connectivity index (χ4v) is 2.58. The van der Waals surface area contributed by atoms with E-state index in [1.807, 2.05) is 24.3 Å². The smallest absolute Gasteiger partial charge is 0.307 e. The number of carboxylic acid groups (broad SMARTS) is 1. The third kappa shape index (κ3) is 1.67. The Morgan fingerprint density at radius 3 is 2.94 bits per heavy atom. The Bertz CT molecular complexity index is 611. The lowest BCUT2D eigenvalue weighted by atomic mass is 10.0. The van der Waals surface area contributed by atoms with Crippen molar-refractivity contribution in [2.45, 2.75) is 12.3 Å². The lowest BCUT2D eigenvalue weighted by Gasteiger charge is -2.06. The first-order valence-electron chi connectivity index (χ1n) is 5.44. The topological polar surface area (TPSA) is 50.2 Å². The van der Waals surface area contributed by atoms with E-state index >= 15 is 0 Å². The maximum absolute atomic E-state index is 10.9. The Hall–Kier alpha value is -1.61. The lowest BCUT2D eigenvalue weighted by molar-refractivity contribution is -0.138. The molecule has 0 unspecified atom stereocenters. The molecule has 1 heterocycles. The number of aliphatic carboxylic acids is 1. The van der Waals surface area contributed by atoms with Gasteiger partial charge in [0, 0.05) is 28.1 Å². The van der Waals surface area contributed by atoms with Crippen LogP contribution >= 0.6 is 11.6 Å². The number of benzene rings is 1. The van der Waals surface area contributed by atoms with Gasteiger partial charge in [-0.15, -0.1) is 0 Å². The first-order valence-corrected chi connectivity index (χ1v) is 5.82. The molecule has 1 aliphatic carbocycles. The summed E-state index contributed by atoms with van der Waals surface area (Å²) in [6.45, 7) is 0. The molecule has 0 spiro atoms. The van der Waals surface area contributed by atoms with E-state index in [2.05, 4.69) is 4.98 Å². The van der Waals surface area contributed by atoms with Crippen molar-refractivity contribution in [3.8, 4) is 0 Å². The number of halogens is 1. The quantitative estimate of drug-likeness (QED) is 0.887. The first-order chi connectivity index (χ1) is 8.18. The van der Waals surface area contributed by atoms with E-state index in [9.17, 15) is 4.79 Å². The SMILES string of the molecule is O=C(O)[C@@H]1C[C@H]1c1c(Cl)ccc2cccnc12. The molecule has 86 valence electrons. The molecule has 0 saturated heterocycles. The number of aromatic nitrogens is 1. The average Bonchev–Trinajstić information content (AvgIpc) is 3.09. The molecule has 1 N–H and O–H groups in total. The third-order valence-corrected chi connectivity index (χ3v) is 3.57. The summed E-state index contributed by atoms with van der Waals surface area (Å²) in [6.07, 6.45) is 2.37. The van der Waals surface area contributed by atoms with E-state index < -0.39 is 5.97 Å². The molecule has 3 rings (SSSR count). The van der Waals surface area contributed by atoms with Gasteiger partial charge in [-0.2, -0.15) is 0 Å². The maximum Gasteiger partial charge on any atom is 0.307 e. The van der Waals surface area contributed by atoms with Crippen LogP contribution in [0.1, 0.15) is 17.9 Å². The number of carbonyl (C=O) groups is 1. The van der Waals surface area contributed by atoms with Crippen LogP contribution in [0.2, 0.25) is 5.02 Å². The molecule has 4 heteroatoms. The predicted octanol–water partition coefficient (Wildman–Crippen LogP) is 3.08. The highest BCUT2D eigenvalue weighted by Gasteiger charge is 2.46. The molecule has 1 aliphatic rings. The normalized spacial score (nSPS) is 22.6. The molecule has 1 fully saturated rings. The van der Waals surface area contributed by atoms with Gasteiger partial charge in [0.1, 0.15) is 0 Å². The summed E-state index contributed by atoms with van der Waals surface area (Å²) in [5.74, 6) is -1.04. The lowest BCUT2D eigenvalue weighted by Crippen LogP contribution is -2.00. The Kier molecular flexibility index (Phi) is 2.30. The fourth-order valence-electron chi connectivity index (χ4n) is 2.28. The van der Waals surface area contributed by atoms with Gasteiger partial charge in [0.15, 0.2) is 0 Å². The van der Waals surface area contributed by atoms with E-state index in [0.717, 1.165) is 16.5 Å². The molecule has 17 heavy (non-hydrogen) atoms. The zero-order valence-electron chi connectivity index (χ0n) is 8.93. The van der Waals surface area contributed by atoms with Gasteiger partial charge >= 0.3 is 5.97 Å². The van der Waals surface area contributed by atoms with Crippen molar-refractivity contribution in [1.82, 2.24) is 4.98 Å². The number of rotatable bonds is 2. The summed E-state index contributed by atoms with van der Waals surface area (Å²) in [5.41, 5.74) is 1.71. The Labute approximate surface area is 103 Å². The zero-order chi connectivity index (χ0) is 12.0. The van der Waals surface area contributed by atoms with Crippen LogP contribution in [0.5, 0.6) is 0 Å². The standard InChI is InChI=1S/C13H10ClNO2/c14-10-4-3-7-2-1-5-15-12(7)11(10)8-6-9(8)13(16)17/h1-5,8-9H,6H2,(H,16,17)/t8-,9-/m1/s1. The van der Waals surface area contributed by atoms with Crippen molar-refractivity contribution in [2.75, 3.05) is 0 Å². The second kappa shape index (κ2) is 3.70. The molecule has 2 aromatic rings. The number of pyridine rings is 1. The van der Waals surface area contributed by atoms with Gasteiger partial charge in [-0.3, -0.25) is 9.78 Å². The van der Waals surface area contributed by atoms with Crippen molar-refractivity contribution >= 4 is 28.5 Å². The highest BCUT2D eigenvalue weighted by Crippen LogP contribution is 2.51. The highest BCUT2D eigenvalue weighted by atomic mass is 35.5. The number of hydrogen-bond donors (Lipinski definition) is 1. The van der Waals surface area contributed by atoms with Gasteiger partial charge in [0.05, 0.1) is 11.4 Å². The largest absolute Gasteiger partial charge is 0.481 e. The summed E-state index contributed by atoms with van der Waals surface area (Å²) in [5, 5.41) is 10.6. The Morgan fingerprint density at radius 2 is 2.24 bits per heavy atom. The molecule has 0 aliphatic heterocycles. The molecule has 0 radical (unpaired) electrons. The van der Waals surface area contributed by atoms with Gasteiger partial charge in [-0.1, -0.05) is 23.7 Å². The molecular weight excluding hydrogens is 238 g/mol. The average molecular weight is 248 g/mol. The van der Waals surface area contributed by atoms with Crippen molar-refractivity contribution < 1.29 is 9.90 Å². The predicted molar refractivity (Wildman–Crippen MR) is 65.2 cm³/mol. The van der Waals surface area contributed by atoms with Crippen molar-refractivity contribution in [2.24, 2.45) is 5.92 Å². The van der Waals surface area contributed by atoms with Crippen LogP contribution in [0.4, 0.5) is 0 Å². The number of fused-ring (bicyclic) bond motifs is 1. The zero-order valence-corrected chi connectivity index (χ0v) is 9.69. The minimum absolute atomic E-state index is 0.0126. The highest BCUT2D eigenvalue weighted by molar-refractivity contribution is 6.32. The molecule has 2 atom stereocenters. The van der Waals surface area contributed by atoms with Crippen LogP contribution in [-0.4, -0.2) is 16.1 Å². The van der Waals surface area contributed by atoms with E-state index in [1.54, 1.807) is 6.20 Å². The van der Waals surface area contributed by atoms with Crippen LogP contribution in [0.15, 0.2) is 30.5 Å². The van der Waals surface area contributed by atoms with Crippen molar-refractivity contribution in [3.05, 3.63) is 41.0 Å². The van der Waals surface area contributed by atoms with E-state index in [1.165, 1.54) is 0 Å². The molecule has 0 amide bonds. The van der Waals surface area contributed by atoms with Gasteiger partial charge in [0.25, 0.3) is 0 Å². The van der Waals surface area contributed by atoms with E-state index in [-0.39, 0.29) is 11.8 Å². The summed E-state index contributed by atoms with van der Waals surface area (Å²) in [4.78, 5) is 15.2. The molecule has 0 bridgehead atoms. The van der Waals surface area contributed by atoms with Crippen LogP contribution in [0.25, 0.3) is 10.9 Å². The minimum atomic E-state index is -0.751. The van der Waals surface area contributed by atoms with Gasteiger partial charge in [-0.25, -0.2) is 0 Å². The van der Waals surface area contributed by atoms with Gasteiger partial charge in [0.2, 0.25) is 0 Å². The van der Waals surface area contributed by atoms with E-state index in [4.69, 9.17) is 16.7 Å². The molecule has 1 aromatic heterocycles. The second-order valence-corrected chi connectivity index (χ2v) is 4.73. The van der Waals surface area contributed by atoms with Gasteiger partial charge in [-0.05, 0) is 18.6 Å². The maximum atomic E-state index is 10.9. The third-order valence-electron chi connectivity index (χ3n) is 3.24. The van der Waals surface area contributed by atoms with Crippen molar-refractivity contribution in [3.63, 3.8) is 0 Å². The Balaban J connectivity index is 2.15. The monoisotopic (exact) mass is 247 g/mol.